The van der Waals surface area contributed by atoms with Crippen LogP contribution in [-0.4, -0.2) is 30.7 Å². The van der Waals surface area contributed by atoms with Gasteiger partial charge in [-0.15, -0.1) is 5.10 Å². The van der Waals surface area contributed by atoms with E-state index in [2.05, 4.69) is 16.9 Å². The zero-order chi connectivity index (χ0) is 14.6. The first kappa shape index (κ1) is 14.9. The van der Waals surface area contributed by atoms with Crippen molar-refractivity contribution in [3.8, 4) is 5.75 Å². The third-order valence-corrected chi connectivity index (χ3v) is 2.16. The molecule has 104 valence electrons. The molecule has 0 heterocycles. The smallest absolute Gasteiger partial charge is 0.176 e. The van der Waals surface area contributed by atoms with Gasteiger partial charge in [0.05, 0.1) is 11.7 Å². The Morgan fingerprint density at radius 1 is 1.47 bits per heavy atom. The van der Waals surface area contributed by atoms with Crippen molar-refractivity contribution in [1.29, 1.82) is 0 Å². The second kappa shape index (κ2) is 6.14. The molecule has 0 aromatic heterocycles. The quantitative estimate of drug-likeness (QED) is 0.283. The average Bonchev–Trinajstić information content (AvgIpc) is 2.28. The highest BCUT2D eigenvalue weighted by atomic mass is 19.1. The summed E-state index contributed by atoms with van der Waals surface area (Å²) < 4.78 is 19.4. The summed E-state index contributed by atoms with van der Waals surface area (Å²) in [6, 6.07) is 2.70. The molecule has 0 unspecified atom stereocenters. The minimum absolute atomic E-state index is 0.0314. The molecule has 7 heteroatoms. The third-order valence-electron chi connectivity index (χ3n) is 2.16. The molecule has 19 heavy (non-hydrogen) atoms. The number of rotatable bonds is 4. The van der Waals surface area contributed by atoms with E-state index in [-0.39, 0.29) is 23.4 Å². The zero-order valence-electron chi connectivity index (χ0n) is 11.2. The molecule has 0 spiro atoms. The molecular weight excluding hydrogens is 249 g/mol. The van der Waals surface area contributed by atoms with Crippen LogP contribution in [0.3, 0.4) is 0 Å². The third kappa shape index (κ3) is 3.65. The molecule has 0 saturated carbocycles. The number of nitrogen functional groups attached to an aromatic ring is 1. The van der Waals surface area contributed by atoms with Gasteiger partial charge in [0.1, 0.15) is 0 Å². The first-order valence-corrected chi connectivity index (χ1v) is 5.65. The molecule has 0 amide bonds. The van der Waals surface area contributed by atoms with Gasteiger partial charge in [0.2, 0.25) is 0 Å². The van der Waals surface area contributed by atoms with Gasteiger partial charge in [-0.1, -0.05) is 0 Å². The van der Waals surface area contributed by atoms with E-state index in [0.29, 0.717) is 5.56 Å². The summed E-state index contributed by atoms with van der Waals surface area (Å²) in [7, 11) is 1.55. The molecule has 0 bridgehead atoms. The van der Waals surface area contributed by atoms with E-state index in [9.17, 15) is 4.39 Å². The highest BCUT2D eigenvalue weighted by Gasteiger charge is 2.19. The Morgan fingerprint density at radius 2 is 2.11 bits per heavy atom. The number of benzene rings is 1. The first-order valence-electron chi connectivity index (χ1n) is 5.65. The number of hydrogen-bond acceptors (Lipinski definition) is 5. The minimum Gasteiger partial charge on any atom is -0.487 e. The Labute approximate surface area is 111 Å². The number of ether oxygens (including phenoxy) is 1. The van der Waals surface area contributed by atoms with Crippen LogP contribution in [0.4, 0.5) is 10.1 Å². The Morgan fingerprint density at radius 3 is 2.58 bits per heavy atom. The summed E-state index contributed by atoms with van der Waals surface area (Å²) in [5.41, 5.74) is 6.20. The monoisotopic (exact) mass is 267 g/mol. The summed E-state index contributed by atoms with van der Waals surface area (Å²) in [6.45, 7) is 6.83. The van der Waals surface area contributed by atoms with Crippen molar-refractivity contribution in [1.82, 2.24) is 5.01 Å². The SMILES string of the molecule is C=N/N=C(/c1cc(N)cc(F)c1OC(C)C)N(C)N. The summed E-state index contributed by atoms with van der Waals surface area (Å²) in [5.74, 6) is 5.31. The predicted octanol–water partition coefficient (Wildman–Crippen LogP) is 1.36. The highest BCUT2D eigenvalue weighted by Crippen LogP contribution is 2.28. The summed E-state index contributed by atoms with van der Waals surface area (Å²) in [4.78, 5) is 0. The normalized spacial score (nSPS) is 11.6. The Bertz CT molecular complexity index is 499. The molecule has 4 N–H and O–H groups in total. The zero-order valence-corrected chi connectivity index (χ0v) is 11.2. The fraction of sp³-hybridized carbons (Fsp3) is 0.333. The van der Waals surface area contributed by atoms with E-state index in [1.807, 2.05) is 0 Å². The van der Waals surface area contributed by atoms with Crippen LogP contribution in [0.5, 0.6) is 5.75 Å². The van der Waals surface area contributed by atoms with Crippen LogP contribution < -0.4 is 16.3 Å². The lowest BCUT2D eigenvalue weighted by Crippen LogP contribution is -2.34. The molecule has 1 aromatic carbocycles. The van der Waals surface area contributed by atoms with Crippen molar-refractivity contribution in [2.75, 3.05) is 12.8 Å². The fourth-order valence-corrected chi connectivity index (χ4v) is 1.52. The van der Waals surface area contributed by atoms with Crippen molar-refractivity contribution in [3.63, 3.8) is 0 Å². The molecule has 0 aliphatic rings. The molecular formula is C12H18FN5O. The lowest BCUT2D eigenvalue weighted by atomic mass is 10.1. The molecule has 0 saturated heterocycles. The van der Waals surface area contributed by atoms with Crippen LogP contribution in [0.2, 0.25) is 0 Å². The lowest BCUT2D eigenvalue weighted by Gasteiger charge is -2.20. The van der Waals surface area contributed by atoms with Crippen LogP contribution in [0.25, 0.3) is 0 Å². The van der Waals surface area contributed by atoms with Crippen molar-refractivity contribution < 1.29 is 9.13 Å². The first-order chi connectivity index (χ1) is 8.86. The van der Waals surface area contributed by atoms with Crippen LogP contribution in [-0.2, 0) is 0 Å². The number of hydrogen-bond donors (Lipinski definition) is 2. The largest absolute Gasteiger partial charge is 0.487 e. The molecule has 0 radical (unpaired) electrons. The Kier molecular flexibility index (Phi) is 4.82. The fourth-order valence-electron chi connectivity index (χ4n) is 1.52. The van der Waals surface area contributed by atoms with Gasteiger partial charge in [0, 0.05) is 25.5 Å². The van der Waals surface area contributed by atoms with Gasteiger partial charge in [-0.05, 0) is 19.9 Å². The van der Waals surface area contributed by atoms with Gasteiger partial charge in [0.15, 0.2) is 17.4 Å². The second-order valence-electron chi connectivity index (χ2n) is 4.22. The van der Waals surface area contributed by atoms with E-state index in [1.54, 1.807) is 20.9 Å². The van der Waals surface area contributed by atoms with Gasteiger partial charge >= 0.3 is 0 Å². The summed E-state index contributed by atoms with van der Waals surface area (Å²) >= 11 is 0. The Balaban J connectivity index is 3.46. The van der Waals surface area contributed by atoms with Crippen molar-refractivity contribution >= 4 is 18.2 Å². The number of anilines is 1. The highest BCUT2D eigenvalue weighted by molar-refractivity contribution is 6.01. The second-order valence-corrected chi connectivity index (χ2v) is 4.22. The van der Waals surface area contributed by atoms with E-state index in [1.165, 1.54) is 17.1 Å². The minimum atomic E-state index is -0.581. The topological polar surface area (TPSA) is 89.2 Å². The maximum absolute atomic E-state index is 14.0. The van der Waals surface area contributed by atoms with Crippen LogP contribution in [0.1, 0.15) is 19.4 Å². The maximum Gasteiger partial charge on any atom is 0.176 e. The number of nitrogens with zero attached hydrogens (tertiary/aromatic N) is 3. The lowest BCUT2D eigenvalue weighted by molar-refractivity contribution is 0.230. The number of halogens is 1. The maximum atomic E-state index is 14.0. The van der Waals surface area contributed by atoms with Gasteiger partial charge in [-0.2, -0.15) is 5.10 Å². The Hall–Kier alpha value is -2.15. The van der Waals surface area contributed by atoms with Crippen LogP contribution in [0, 0.1) is 5.82 Å². The predicted molar refractivity (Wildman–Crippen MR) is 74.6 cm³/mol. The van der Waals surface area contributed by atoms with E-state index in [4.69, 9.17) is 16.3 Å². The summed E-state index contributed by atoms with van der Waals surface area (Å²) in [5, 5.41) is 8.37. The molecule has 0 fully saturated rings. The van der Waals surface area contributed by atoms with Gasteiger partial charge in [-0.3, -0.25) is 5.01 Å². The molecule has 1 rings (SSSR count). The summed E-state index contributed by atoms with van der Waals surface area (Å²) in [6.07, 6.45) is -0.210. The van der Waals surface area contributed by atoms with Crippen molar-refractivity contribution in [2.45, 2.75) is 20.0 Å². The van der Waals surface area contributed by atoms with E-state index < -0.39 is 5.82 Å². The van der Waals surface area contributed by atoms with E-state index >= 15 is 0 Å². The van der Waals surface area contributed by atoms with Crippen molar-refractivity contribution in [3.05, 3.63) is 23.5 Å². The van der Waals surface area contributed by atoms with Gasteiger partial charge in [0.25, 0.3) is 0 Å². The van der Waals surface area contributed by atoms with Gasteiger partial charge in [-0.25, -0.2) is 10.2 Å². The molecule has 1 aromatic rings. The molecule has 0 aliphatic heterocycles. The van der Waals surface area contributed by atoms with Crippen LogP contribution >= 0.6 is 0 Å². The van der Waals surface area contributed by atoms with Crippen LogP contribution in [0.15, 0.2) is 22.3 Å². The van der Waals surface area contributed by atoms with E-state index in [0.717, 1.165) is 0 Å². The van der Waals surface area contributed by atoms with Gasteiger partial charge < -0.3 is 10.5 Å². The van der Waals surface area contributed by atoms with Crippen molar-refractivity contribution in [2.24, 2.45) is 16.0 Å². The number of hydrazine groups is 1. The molecule has 0 atom stereocenters. The standard InChI is InChI=1S/C12H18FN5O/c1-7(2)19-11-9(5-8(14)6-10(11)13)12(17-16-3)18(4)15/h5-7H,3,14-15H2,1-2,4H3/b17-12-. The number of nitrogens with two attached hydrogens (primary N) is 2. The average molecular weight is 267 g/mol. The molecule has 0 aliphatic carbocycles. The molecule has 6 nitrogen and oxygen atoms in total. The number of amidine groups is 1.